The number of likely N-dealkylation sites (tertiary alicyclic amines) is 1. The summed E-state index contributed by atoms with van der Waals surface area (Å²) in [6, 6.07) is 8.07. The van der Waals surface area contributed by atoms with Crippen molar-refractivity contribution >= 4 is 27.5 Å². The lowest BCUT2D eigenvalue weighted by molar-refractivity contribution is 0.0703. The first-order valence-electron chi connectivity index (χ1n) is 10.5. The van der Waals surface area contributed by atoms with E-state index in [4.69, 9.17) is 4.74 Å². The molecule has 0 N–H and O–H groups in total. The third-order valence-corrected chi connectivity index (χ3v) is 6.89. The Balaban J connectivity index is 1.40. The number of benzene rings is 1. The number of para-hydroxylation sites is 1. The predicted octanol–water partition coefficient (Wildman–Crippen LogP) is 2.66. The van der Waals surface area contributed by atoms with Gasteiger partial charge < -0.3 is 9.64 Å². The molecule has 30 heavy (non-hydrogen) atoms. The SMILES string of the molecule is COCCn1nc(C2CCCN(C(=O)c3nc4ccccc4s3)C2)n(C2CC2)c1=O. The van der Waals surface area contributed by atoms with Gasteiger partial charge in [0.05, 0.1) is 23.4 Å². The van der Waals surface area contributed by atoms with Crippen LogP contribution in [0.5, 0.6) is 0 Å². The van der Waals surface area contributed by atoms with Crippen LogP contribution in [-0.4, -0.2) is 56.9 Å². The van der Waals surface area contributed by atoms with Gasteiger partial charge in [0.2, 0.25) is 0 Å². The molecule has 5 rings (SSSR count). The lowest BCUT2D eigenvalue weighted by Crippen LogP contribution is -2.40. The number of nitrogens with zero attached hydrogens (tertiary/aromatic N) is 5. The molecule has 1 aliphatic heterocycles. The number of fused-ring (bicyclic) bond motifs is 1. The number of aromatic nitrogens is 4. The molecule has 158 valence electrons. The van der Waals surface area contributed by atoms with E-state index >= 15 is 0 Å². The topological polar surface area (TPSA) is 82.2 Å². The van der Waals surface area contributed by atoms with Crippen molar-refractivity contribution in [3.8, 4) is 0 Å². The van der Waals surface area contributed by atoms with Crippen molar-refractivity contribution in [2.75, 3.05) is 26.8 Å². The van der Waals surface area contributed by atoms with Crippen LogP contribution in [0.2, 0.25) is 0 Å². The number of carbonyl (C=O) groups is 1. The molecule has 1 unspecified atom stereocenters. The number of amides is 1. The van der Waals surface area contributed by atoms with Crippen molar-refractivity contribution in [2.45, 2.75) is 44.2 Å². The number of rotatable bonds is 6. The highest BCUT2D eigenvalue weighted by Gasteiger charge is 2.35. The molecular weight excluding hydrogens is 402 g/mol. The van der Waals surface area contributed by atoms with Crippen molar-refractivity contribution in [3.63, 3.8) is 0 Å². The number of ether oxygens (including phenoxy) is 1. The first-order valence-corrected chi connectivity index (χ1v) is 11.3. The highest BCUT2D eigenvalue weighted by Crippen LogP contribution is 2.37. The molecule has 8 nitrogen and oxygen atoms in total. The Morgan fingerprint density at radius 2 is 2.10 bits per heavy atom. The van der Waals surface area contributed by atoms with Crippen molar-refractivity contribution in [2.24, 2.45) is 0 Å². The first-order chi connectivity index (χ1) is 14.7. The summed E-state index contributed by atoms with van der Waals surface area (Å²) >= 11 is 1.44. The molecule has 9 heteroatoms. The van der Waals surface area contributed by atoms with E-state index in [9.17, 15) is 9.59 Å². The number of hydrogen-bond acceptors (Lipinski definition) is 6. The van der Waals surface area contributed by atoms with Gasteiger partial charge in [0.1, 0.15) is 5.82 Å². The number of carbonyl (C=O) groups excluding carboxylic acids is 1. The van der Waals surface area contributed by atoms with E-state index in [2.05, 4.69) is 10.1 Å². The van der Waals surface area contributed by atoms with E-state index in [0.717, 1.165) is 41.7 Å². The second kappa shape index (κ2) is 7.96. The number of thiazole rings is 1. The summed E-state index contributed by atoms with van der Waals surface area (Å²) in [6.45, 7) is 2.18. The molecule has 2 aromatic heterocycles. The third-order valence-electron chi connectivity index (χ3n) is 5.87. The Kier molecular flexibility index (Phi) is 5.16. The monoisotopic (exact) mass is 427 g/mol. The van der Waals surface area contributed by atoms with Crippen LogP contribution < -0.4 is 5.69 Å². The van der Waals surface area contributed by atoms with E-state index in [1.165, 1.54) is 16.0 Å². The highest BCUT2D eigenvalue weighted by molar-refractivity contribution is 7.20. The molecule has 2 aliphatic rings. The van der Waals surface area contributed by atoms with Gasteiger partial charge >= 0.3 is 5.69 Å². The molecule has 0 bridgehead atoms. The Labute approximate surface area is 178 Å². The van der Waals surface area contributed by atoms with Crippen molar-refractivity contribution in [3.05, 3.63) is 45.6 Å². The van der Waals surface area contributed by atoms with Crippen molar-refractivity contribution < 1.29 is 9.53 Å². The van der Waals surface area contributed by atoms with Crippen molar-refractivity contribution in [1.29, 1.82) is 0 Å². The summed E-state index contributed by atoms with van der Waals surface area (Å²) in [5.74, 6) is 0.856. The molecule has 1 saturated carbocycles. The van der Waals surface area contributed by atoms with E-state index in [0.29, 0.717) is 31.2 Å². The Hall–Kier alpha value is -2.52. The van der Waals surface area contributed by atoms with Crippen LogP contribution in [0.4, 0.5) is 0 Å². The van der Waals surface area contributed by atoms with E-state index in [1.807, 2.05) is 33.7 Å². The summed E-state index contributed by atoms with van der Waals surface area (Å²) in [5.41, 5.74) is 0.804. The minimum absolute atomic E-state index is 0.0277. The molecule has 2 fully saturated rings. The Bertz CT molecular complexity index is 1100. The van der Waals surface area contributed by atoms with Crippen LogP contribution >= 0.6 is 11.3 Å². The summed E-state index contributed by atoms with van der Waals surface area (Å²) in [6.07, 6.45) is 3.86. The summed E-state index contributed by atoms with van der Waals surface area (Å²) in [5, 5.41) is 5.20. The summed E-state index contributed by atoms with van der Waals surface area (Å²) in [7, 11) is 1.62. The van der Waals surface area contributed by atoms with Crippen LogP contribution in [0.3, 0.4) is 0 Å². The fraction of sp³-hybridized carbons (Fsp3) is 0.524. The van der Waals surface area contributed by atoms with Crippen LogP contribution in [0.1, 0.15) is 53.3 Å². The van der Waals surface area contributed by atoms with Crippen LogP contribution in [-0.2, 0) is 11.3 Å². The lowest BCUT2D eigenvalue weighted by Gasteiger charge is -2.31. The Morgan fingerprint density at radius 3 is 2.87 bits per heavy atom. The maximum absolute atomic E-state index is 13.2. The minimum atomic E-state index is -0.0563. The number of hydrogen-bond donors (Lipinski definition) is 0. The van der Waals surface area contributed by atoms with E-state index in [-0.39, 0.29) is 23.6 Å². The average Bonchev–Trinajstić information content (AvgIpc) is 3.42. The molecular formula is C21H25N5O3S. The zero-order valence-electron chi connectivity index (χ0n) is 17.0. The summed E-state index contributed by atoms with van der Waals surface area (Å²) in [4.78, 5) is 32.4. The molecule has 1 aliphatic carbocycles. The zero-order valence-corrected chi connectivity index (χ0v) is 17.8. The second-order valence-electron chi connectivity index (χ2n) is 8.03. The zero-order chi connectivity index (χ0) is 20.7. The van der Waals surface area contributed by atoms with Gasteiger partial charge in [-0.05, 0) is 37.8 Å². The van der Waals surface area contributed by atoms with Crippen molar-refractivity contribution in [1.82, 2.24) is 24.2 Å². The minimum Gasteiger partial charge on any atom is -0.383 e. The molecule has 1 amide bonds. The Morgan fingerprint density at radius 1 is 1.27 bits per heavy atom. The molecule has 3 aromatic rings. The molecule has 1 atom stereocenters. The third kappa shape index (κ3) is 3.56. The quantitative estimate of drug-likeness (QED) is 0.604. The van der Waals surface area contributed by atoms with Gasteiger partial charge in [0.25, 0.3) is 5.91 Å². The van der Waals surface area contributed by atoms with Gasteiger partial charge in [-0.3, -0.25) is 9.36 Å². The van der Waals surface area contributed by atoms with Crippen LogP contribution in [0.25, 0.3) is 10.2 Å². The highest BCUT2D eigenvalue weighted by atomic mass is 32.1. The smallest absolute Gasteiger partial charge is 0.346 e. The van der Waals surface area contributed by atoms with Gasteiger partial charge in [-0.15, -0.1) is 11.3 Å². The maximum Gasteiger partial charge on any atom is 0.346 e. The average molecular weight is 428 g/mol. The fourth-order valence-corrected chi connectivity index (χ4v) is 5.12. The second-order valence-corrected chi connectivity index (χ2v) is 9.07. The standard InChI is InChI=1S/C21H25N5O3S/c1-29-12-11-25-21(28)26(15-8-9-15)18(23-25)14-5-4-10-24(13-14)20(27)19-22-16-6-2-3-7-17(16)30-19/h2-3,6-7,14-15H,4-5,8-13H2,1H3. The fourth-order valence-electron chi connectivity index (χ4n) is 4.19. The summed E-state index contributed by atoms with van der Waals surface area (Å²) < 4.78 is 9.53. The molecule has 0 radical (unpaired) electrons. The van der Waals surface area contributed by atoms with Gasteiger partial charge in [-0.25, -0.2) is 14.5 Å². The lowest BCUT2D eigenvalue weighted by atomic mass is 9.97. The molecule has 0 spiro atoms. The predicted molar refractivity (Wildman–Crippen MR) is 114 cm³/mol. The van der Waals surface area contributed by atoms with Gasteiger partial charge in [-0.2, -0.15) is 5.10 Å². The molecule has 1 saturated heterocycles. The van der Waals surface area contributed by atoms with Crippen LogP contribution in [0, 0.1) is 0 Å². The van der Waals surface area contributed by atoms with Gasteiger partial charge in [-0.1, -0.05) is 12.1 Å². The maximum atomic E-state index is 13.2. The molecule has 1 aromatic carbocycles. The molecule has 3 heterocycles. The first kappa shape index (κ1) is 19.4. The van der Waals surface area contributed by atoms with E-state index < -0.39 is 0 Å². The van der Waals surface area contributed by atoms with E-state index in [1.54, 1.807) is 7.11 Å². The van der Waals surface area contributed by atoms with Gasteiger partial charge in [0, 0.05) is 32.2 Å². The van der Waals surface area contributed by atoms with Crippen LogP contribution in [0.15, 0.2) is 29.1 Å². The number of methoxy groups -OCH3 is 1. The normalized spacial score (nSPS) is 19.5. The number of piperidine rings is 1. The largest absolute Gasteiger partial charge is 0.383 e. The van der Waals surface area contributed by atoms with Gasteiger partial charge in [0.15, 0.2) is 5.01 Å².